The maximum absolute atomic E-state index is 12.2. The highest BCUT2D eigenvalue weighted by atomic mass is 16.7. The van der Waals surface area contributed by atoms with E-state index in [-0.39, 0.29) is 24.0 Å². The van der Waals surface area contributed by atoms with Crippen molar-refractivity contribution in [3.8, 4) is 0 Å². The van der Waals surface area contributed by atoms with Crippen molar-refractivity contribution in [2.75, 3.05) is 6.54 Å². The summed E-state index contributed by atoms with van der Waals surface area (Å²) in [6.07, 6.45) is 4.42. The second kappa shape index (κ2) is 6.96. The van der Waals surface area contributed by atoms with Crippen molar-refractivity contribution >= 4 is 11.9 Å². The summed E-state index contributed by atoms with van der Waals surface area (Å²) in [4.78, 5) is 29.2. The molecule has 0 aromatic rings. The number of hydrogen-bond donors (Lipinski definition) is 1. The van der Waals surface area contributed by atoms with Crippen molar-refractivity contribution in [2.24, 2.45) is 5.92 Å². The molecular formula is C16H27NO5. The lowest BCUT2D eigenvalue weighted by Crippen LogP contribution is -2.43. The number of hydrogen-bond acceptors (Lipinski definition) is 5. The molecule has 126 valence electrons. The zero-order chi connectivity index (χ0) is 16.3. The summed E-state index contributed by atoms with van der Waals surface area (Å²) in [6, 6.07) is -0.337. The van der Waals surface area contributed by atoms with Crippen molar-refractivity contribution in [3.63, 3.8) is 0 Å². The van der Waals surface area contributed by atoms with Gasteiger partial charge < -0.3 is 9.84 Å². The number of carboxylic acids is 1. The Labute approximate surface area is 131 Å². The molecule has 0 aromatic heterocycles. The van der Waals surface area contributed by atoms with Crippen LogP contribution < -0.4 is 0 Å². The fourth-order valence-corrected chi connectivity index (χ4v) is 3.08. The van der Waals surface area contributed by atoms with Gasteiger partial charge in [0.2, 0.25) is 0 Å². The highest BCUT2D eigenvalue weighted by Gasteiger charge is 2.37. The average Bonchev–Trinajstić information content (AvgIpc) is 2.85. The number of esters is 1. The summed E-state index contributed by atoms with van der Waals surface area (Å²) < 4.78 is 5.45. The molecule has 2 aliphatic rings. The van der Waals surface area contributed by atoms with Crippen LogP contribution in [0.1, 0.15) is 59.3 Å². The van der Waals surface area contributed by atoms with Crippen molar-refractivity contribution < 1.29 is 24.3 Å². The van der Waals surface area contributed by atoms with Gasteiger partial charge in [0.05, 0.1) is 12.0 Å². The summed E-state index contributed by atoms with van der Waals surface area (Å²) in [6.45, 7) is 6.30. The third kappa shape index (κ3) is 4.68. The first-order valence-corrected chi connectivity index (χ1v) is 8.15. The molecule has 0 unspecified atom stereocenters. The number of nitrogens with zero attached hydrogens (tertiary/aromatic N) is 1. The summed E-state index contributed by atoms with van der Waals surface area (Å²) in [7, 11) is 0. The van der Waals surface area contributed by atoms with E-state index in [9.17, 15) is 9.59 Å². The lowest BCUT2D eigenvalue weighted by molar-refractivity contribution is -0.224. The molecule has 1 aliphatic heterocycles. The molecule has 2 rings (SSSR count). The van der Waals surface area contributed by atoms with Crippen molar-refractivity contribution in [2.45, 2.75) is 77.0 Å². The van der Waals surface area contributed by atoms with E-state index in [1.54, 1.807) is 5.06 Å². The van der Waals surface area contributed by atoms with E-state index >= 15 is 0 Å². The van der Waals surface area contributed by atoms with E-state index < -0.39 is 11.6 Å². The maximum Gasteiger partial charge on any atom is 0.326 e. The van der Waals surface area contributed by atoms with E-state index in [4.69, 9.17) is 14.7 Å². The minimum atomic E-state index is -0.716. The molecule has 22 heavy (non-hydrogen) atoms. The predicted octanol–water partition coefficient (Wildman–Crippen LogP) is 2.37. The standard InChI is InChI=1S/C16H27NO5/c1-16(2,3)21-15(20)13-5-4-10-17(13)22-12-8-6-11(7-9-12)14(18)19/h11-13H,4-10H2,1-3H3,(H,18,19)/t11?,12?,13-/m1/s1. The molecule has 6 heteroatoms. The summed E-state index contributed by atoms with van der Waals surface area (Å²) in [5.74, 6) is -1.20. The molecule has 0 aromatic carbocycles. The molecule has 0 radical (unpaired) electrons. The Balaban J connectivity index is 1.84. The second-order valence-electron chi connectivity index (χ2n) is 7.25. The molecule has 1 atom stereocenters. The van der Waals surface area contributed by atoms with Gasteiger partial charge in [-0.3, -0.25) is 14.4 Å². The zero-order valence-electron chi connectivity index (χ0n) is 13.7. The topological polar surface area (TPSA) is 76.1 Å². The van der Waals surface area contributed by atoms with Gasteiger partial charge in [-0.05, 0) is 59.3 Å². The number of carbonyl (C=O) groups is 2. The normalized spacial score (nSPS) is 30.2. The minimum absolute atomic E-state index is 0.0126. The molecule has 6 nitrogen and oxygen atoms in total. The zero-order valence-corrected chi connectivity index (χ0v) is 13.7. The van der Waals surface area contributed by atoms with Gasteiger partial charge in [-0.15, -0.1) is 0 Å². The van der Waals surface area contributed by atoms with Gasteiger partial charge in [0.25, 0.3) is 0 Å². The number of ether oxygens (including phenoxy) is 1. The Hall–Kier alpha value is -1.14. The minimum Gasteiger partial charge on any atom is -0.481 e. The average molecular weight is 313 g/mol. The van der Waals surface area contributed by atoms with Gasteiger partial charge >= 0.3 is 11.9 Å². The second-order valence-corrected chi connectivity index (χ2v) is 7.25. The molecule has 0 spiro atoms. The molecule has 1 aliphatic carbocycles. The lowest BCUT2D eigenvalue weighted by atomic mass is 9.88. The number of carbonyl (C=O) groups excluding carboxylic acids is 1. The first-order chi connectivity index (χ1) is 10.3. The van der Waals surface area contributed by atoms with Gasteiger partial charge in [0.15, 0.2) is 0 Å². The number of carboxylic acid groups (broad SMARTS) is 1. The summed E-state index contributed by atoms with van der Waals surface area (Å²) >= 11 is 0. The SMILES string of the molecule is CC(C)(C)OC(=O)[C@H]1CCCN1OC1CCC(C(=O)O)CC1. The molecule has 1 saturated heterocycles. The predicted molar refractivity (Wildman–Crippen MR) is 80.0 cm³/mol. The summed E-state index contributed by atoms with van der Waals surface area (Å²) in [5, 5.41) is 10.8. The van der Waals surface area contributed by atoms with E-state index in [2.05, 4.69) is 0 Å². The van der Waals surface area contributed by atoms with Crippen molar-refractivity contribution in [3.05, 3.63) is 0 Å². The van der Waals surface area contributed by atoms with Gasteiger partial charge in [-0.1, -0.05) is 0 Å². The highest BCUT2D eigenvalue weighted by Crippen LogP contribution is 2.29. The molecular weight excluding hydrogens is 286 g/mol. The lowest BCUT2D eigenvalue weighted by Gasteiger charge is -2.32. The summed E-state index contributed by atoms with van der Waals surface area (Å²) in [5.41, 5.74) is -0.495. The van der Waals surface area contributed by atoms with Crippen LogP contribution in [0.5, 0.6) is 0 Å². The van der Waals surface area contributed by atoms with Crippen molar-refractivity contribution in [1.82, 2.24) is 5.06 Å². The fourth-order valence-electron chi connectivity index (χ4n) is 3.08. The van der Waals surface area contributed by atoms with Crippen LogP contribution in [0.25, 0.3) is 0 Å². The van der Waals surface area contributed by atoms with Crippen LogP contribution in [0, 0.1) is 5.92 Å². The smallest absolute Gasteiger partial charge is 0.326 e. The van der Waals surface area contributed by atoms with Crippen LogP contribution in [0.4, 0.5) is 0 Å². The van der Waals surface area contributed by atoms with Gasteiger partial charge in [0.1, 0.15) is 11.6 Å². The van der Waals surface area contributed by atoms with E-state index in [0.717, 1.165) is 32.2 Å². The Bertz CT molecular complexity index is 409. The quantitative estimate of drug-likeness (QED) is 0.803. The molecule has 0 amide bonds. The van der Waals surface area contributed by atoms with Crippen LogP contribution >= 0.6 is 0 Å². The third-order valence-electron chi connectivity index (χ3n) is 4.19. The molecule has 1 saturated carbocycles. The Kier molecular flexibility index (Phi) is 5.45. The van der Waals surface area contributed by atoms with E-state index in [1.165, 1.54) is 0 Å². The molecule has 1 N–H and O–H groups in total. The number of rotatable bonds is 4. The Morgan fingerprint density at radius 2 is 1.73 bits per heavy atom. The van der Waals surface area contributed by atoms with Crippen molar-refractivity contribution in [1.29, 1.82) is 0 Å². The third-order valence-corrected chi connectivity index (χ3v) is 4.19. The van der Waals surface area contributed by atoms with Crippen LogP contribution in [0.3, 0.4) is 0 Å². The van der Waals surface area contributed by atoms with Crippen LogP contribution in [-0.2, 0) is 19.2 Å². The number of hydroxylamine groups is 2. The largest absolute Gasteiger partial charge is 0.481 e. The molecule has 0 bridgehead atoms. The van der Waals surface area contributed by atoms with Gasteiger partial charge in [-0.2, -0.15) is 5.06 Å². The van der Waals surface area contributed by atoms with E-state index in [0.29, 0.717) is 12.8 Å². The fraction of sp³-hybridized carbons (Fsp3) is 0.875. The van der Waals surface area contributed by atoms with Gasteiger partial charge in [0, 0.05) is 6.54 Å². The van der Waals surface area contributed by atoms with Crippen LogP contribution in [0.15, 0.2) is 0 Å². The van der Waals surface area contributed by atoms with Crippen LogP contribution in [-0.4, -0.2) is 46.4 Å². The first kappa shape index (κ1) is 17.2. The molecule has 1 heterocycles. The monoisotopic (exact) mass is 313 g/mol. The highest BCUT2D eigenvalue weighted by molar-refractivity contribution is 5.76. The van der Waals surface area contributed by atoms with E-state index in [1.807, 2.05) is 20.8 Å². The maximum atomic E-state index is 12.2. The van der Waals surface area contributed by atoms with Gasteiger partial charge in [-0.25, -0.2) is 0 Å². The Morgan fingerprint density at radius 1 is 1.09 bits per heavy atom. The number of aliphatic carboxylic acids is 1. The first-order valence-electron chi connectivity index (χ1n) is 8.15. The van der Waals surface area contributed by atoms with Crippen LogP contribution in [0.2, 0.25) is 0 Å². The Morgan fingerprint density at radius 3 is 2.27 bits per heavy atom. The molecule has 2 fully saturated rings.